The second-order valence-electron chi connectivity index (χ2n) is 6.16. The molecule has 0 aliphatic carbocycles. The van der Waals surface area contributed by atoms with Gasteiger partial charge in [0, 0.05) is 5.56 Å². The van der Waals surface area contributed by atoms with Crippen LogP contribution in [-0.2, 0) is 4.79 Å². The molecule has 0 unspecified atom stereocenters. The molecule has 0 fully saturated rings. The van der Waals surface area contributed by atoms with Crippen LogP contribution in [0, 0.1) is 0 Å². The van der Waals surface area contributed by atoms with Crippen LogP contribution in [0.1, 0.15) is 11.1 Å². The van der Waals surface area contributed by atoms with Crippen molar-refractivity contribution in [3.63, 3.8) is 0 Å². The molecule has 4 rings (SSSR count). The number of hydrogen-bond acceptors (Lipinski definition) is 3. The van der Waals surface area contributed by atoms with Gasteiger partial charge in [0.25, 0.3) is 5.91 Å². The molecule has 28 heavy (non-hydrogen) atoms. The van der Waals surface area contributed by atoms with Gasteiger partial charge in [0.2, 0.25) is 0 Å². The highest BCUT2D eigenvalue weighted by Crippen LogP contribution is 2.34. The molecule has 3 aromatic carbocycles. The van der Waals surface area contributed by atoms with Crippen molar-refractivity contribution in [2.75, 3.05) is 5.01 Å². The second-order valence-corrected chi connectivity index (χ2v) is 6.97. The Morgan fingerprint density at radius 2 is 1.46 bits per heavy atom. The molecule has 0 atom stereocenters. The van der Waals surface area contributed by atoms with Crippen LogP contribution < -0.4 is 5.01 Å². The van der Waals surface area contributed by atoms with E-state index in [-0.39, 0.29) is 21.7 Å². The van der Waals surface area contributed by atoms with Crippen molar-refractivity contribution in [1.82, 2.24) is 0 Å². The molecule has 1 amide bonds. The maximum absolute atomic E-state index is 13.2. The summed E-state index contributed by atoms with van der Waals surface area (Å²) in [4.78, 5) is 13.2. The van der Waals surface area contributed by atoms with Crippen LogP contribution in [0.2, 0.25) is 10.0 Å². The van der Waals surface area contributed by atoms with Crippen molar-refractivity contribution in [1.29, 1.82) is 0 Å². The van der Waals surface area contributed by atoms with Crippen molar-refractivity contribution in [3.8, 4) is 5.75 Å². The molecule has 1 N–H and O–H groups in total. The van der Waals surface area contributed by atoms with Crippen LogP contribution >= 0.6 is 23.2 Å². The summed E-state index contributed by atoms with van der Waals surface area (Å²) in [5.74, 6) is -0.448. The topological polar surface area (TPSA) is 52.9 Å². The summed E-state index contributed by atoms with van der Waals surface area (Å²) >= 11 is 12.1. The molecule has 138 valence electrons. The van der Waals surface area contributed by atoms with Crippen molar-refractivity contribution >= 4 is 46.6 Å². The molecule has 3 aromatic rings. The first-order chi connectivity index (χ1) is 13.5. The monoisotopic (exact) mass is 408 g/mol. The predicted molar refractivity (Wildman–Crippen MR) is 113 cm³/mol. The van der Waals surface area contributed by atoms with Crippen LogP contribution in [0.5, 0.6) is 5.75 Å². The number of phenolic OH excluding ortho intramolecular Hbond substituents is 1. The van der Waals surface area contributed by atoms with Crippen LogP contribution in [0.4, 0.5) is 5.69 Å². The molecular formula is C22H14Cl2N2O2. The van der Waals surface area contributed by atoms with E-state index in [0.717, 1.165) is 5.56 Å². The van der Waals surface area contributed by atoms with Crippen LogP contribution in [0.3, 0.4) is 0 Å². The highest BCUT2D eigenvalue weighted by Gasteiger charge is 2.32. The molecular weight excluding hydrogens is 395 g/mol. The number of amides is 1. The fourth-order valence-electron chi connectivity index (χ4n) is 2.93. The quantitative estimate of drug-likeness (QED) is 0.578. The number of aromatic hydroxyl groups is 1. The molecule has 1 aliphatic rings. The number of anilines is 1. The van der Waals surface area contributed by atoms with Crippen molar-refractivity contribution in [3.05, 3.63) is 99.5 Å². The maximum atomic E-state index is 13.2. The predicted octanol–water partition coefficient (Wildman–Crippen LogP) is 5.53. The third-order valence-corrected chi connectivity index (χ3v) is 4.85. The minimum Gasteiger partial charge on any atom is -0.505 e. The average Bonchev–Trinajstić information content (AvgIpc) is 3.04. The number of rotatable bonds is 3. The summed E-state index contributed by atoms with van der Waals surface area (Å²) in [6.07, 6.45) is 1.67. The lowest BCUT2D eigenvalue weighted by Crippen LogP contribution is -2.21. The number of hydrogen-bond donors (Lipinski definition) is 1. The summed E-state index contributed by atoms with van der Waals surface area (Å²) in [6, 6.07) is 21.8. The number of hydrazone groups is 1. The van der Waals surface area contributed by atoms with Crippen LogP contribution in [0.15, 0.2) is 83.5 Å². The van der Waals surface area contributed by atoms with E-state index in [4.69, 9.17) is 23.2 Å². The molecule has 0 radical (unpaired) electrons. The fraction of sp³-hybridized carbons (Fsp3) is 0. The second kappa shape index (κ2) is 7.50. The van der Waals surface area contributed by atoms with Gasteiger partial charge in [0.1, 0.15) is 5.71 Å². The zero-order valence-corrected chi connectivity index (χ0v) is 16.0. The summed E-state index contributed by atoms with van der Waals surface area (Å²) < 4.78 is 0. The molecule has 4 nitrogen and oxygen atoms in total. The number of halogens is 2. The summed E-state index contributed by atoms with van der Waals surface area (Å²) in [7, 11) is 0. The summed E-state index contributed by atoms with van der Waals surface area (Å²) in [5.41, 5.74) is 3.04. The largest absolute Gasteiger partial charge is 0.505 e. The fourth-order valence-corrected chi connectivity index (χ4v) is 3.44. The Kier molecular flexibility index (Phi) is 4.90. The van der Waals surface area contributed by atoms with E-state index in [1.807, 2.05) is 60.7 Å². The Morgan fingerprint density at radius 1 is 0.893 bits per heavy atom. The molecule has 0 spiro atoms. The molecule has 1 aliphatic heterocycles. The number of carbonyl (C=O) groups is 1. The lowest BCUT2D eigenvalue weighted by Gasteiger charge is -2.11. The van der Waals surface area contributed by atoms with Crippen LogP contribution in [0.25, 0.3) is 6.08 Å². The van der Waals surface area contributed by atoms with E-state index in [0.29, 0.717) is 22.5 Å². The number of carbonyl (C=O) groups excluding carboxylic acids is 1. The van der Waals surface area contributed by atoms with Crippen molar-refractivity contribution < 1.29 is 9.90 Å². The van der Waals surface area contributed by atoms with Crippen molar-refractivity contribution in [2.45, 2.75) is 0 Å². The smallest absolute Gasteiger partial charge is 0.281 e. The first-order valence-corrected chi connectivity index (χ1v) is 9.24. The van der Waals surface area contributed by atoms with Gasteiger partial charge in [0.15, 0.2) is 5.75 Å². The molecule has 0 saturated carbocycles. The minimum atomic E-state index is -0.259. The van der Waals surface area contributed by atoms with Gasteiger partial charge in [0.05, 0.1) is 21.3 Å². The van der Waals surface area contributed by atoms with Gasteiger partial charge in [-0.3, -0.25) is 4.79 Å². The Morgan fingerprint density at radius 3 is 2.07 bits per heavy atom. The zero-order valence-electron chi connectivity index (χ0n) is 14.5. The van der Waals surface area contributed by atoms with Gasteiger partial charge in [-0.2, -0.15) is 10.1 Å². The standard InChI is InChI=1S/C22H14Cl2N2O2/c23-18-12-14(13-19(24)21(18)27)11-17-20(15-7-3-1-4-8-15)25-26(22(17)28)16-9-5-2-6-10-16/h1-13,27H/b17-11-. The molecule has 0 bridgehead atoms. The van der Waals surface area contributed by atoms with E-state index in [9.17, 15) is 9.90 Å². The number of para-hydroxylation sites is 1. The molecule has 0 aromatic heterocycles. The Hall–Kier alpha value is -3.08. The maximum Gasteiger partial charge on any atom is 0.281 e. The van der Waals surface area contributed by atoms with E-state index in [1.54, 1.807) is 18.2 Å². The molecule has 0 saturated heterocycles. The minimum absolute atomic E-state index is 0.114. The van der Waals surface area contributed by atoms with E-state index < -0.39 is 0 Å². The highest BCUT2D eigenvalue weighted by molar-refractivity contribution is 6.39. The third kappa shape index (κ3) is 3.40. The first kappa shape index (κ1) is 18.3. The van der Waals surface area contributed by atoms with Crippen LogP contribution in [-0.4, -0.2) is 16.7 Å². The Balaban J connectivity index is 1.85. The van der Waals surface area contributed by atoms with E-state index in [1.165, 1.54) is 5.01 Å². The zero-order chi connectivity index (χ0) is 19.7. The SMILES string of the molecule is O=C1/C(=C\c2cc(Cl)c(O)c(Cl)c2)C(c2ccccc2)=NN1c1ccccc1. The Bertz CT molecular complexity index is 1090. The summed E-state index contributed by atoms with van der Waals surface area (Å²) in [5, 5.41) is 15.9. The van der Waals surface area contributed by atoms with Crippen molar-refractivity contribution in [2.24, 2.45) is 5.10 Å². The van der Waals surface area contributed by atoms with Gasteiger partial charge in [-0.15, -0.1) is 0 Å². The van der Waals surface area contributed by atoms with E-state index >= 15 is 0 Å². The molecule has 1 heterocycles. The third-order valence-electron chi connectivity index (χ3n) is 4.28. The summed E-state index contributed by atoms with van der Waals surface area (Å²) in [6.45, 7) is 0. The molecule has 6 heteroatoms. The Labute approximate surface area is 171 Å². The normalized spacial score (nSPS) is 15.2. The average molecular weight is 409 g/mol. The van der Waals surface area contributed by atoms with Gasteiger partial charge < -0.3 is 5.11 Å². The first-order valence-electron chi connectivity index (χ1n) is 8.48. The highest BCUT2D eigenvalue weighted by atomic mass is 35.5. The lowest BCUT2D eigenvalue weighted by molar-refractivity contribution is -0.114. The number of benzene rings is 3. The van der Waals surface area contributed by atoms with Gasteiger partial charge in [-0.05, 0) is 35.9 Å². The van der Waals surface area contributed by atoms with Gasteiger partial charge in [-0.25, -0.2) is 0 Å². The van der Waals surface area contributed by atoms with Gasteiger partial charge in [-0.1, -0.05) is 71.7 Å². The van der Waals surface area contributed by atoms with Gasteiger partial charge >= 0.3 is 0 Å². The number of phenols is 1. The van der Waals surface area contributed by atoms with E-state index in [2.05, 4.69) is 5.10 Å². The lowest BCUT2D eigenvalue weighted by atomic mass is 10.00. The number of nitrogens with zero attached hydrogens (tertiary/aromatic N) is 2.